The van der Waals surface area contributed by atoms with Crippen LogP contribution in [-0.2, 0) is 27.1 Å². The first-order chi connectivity index (χ1) is 12.9. The molecular weight excluding hydrogens is 344 g/mol. The molecule has 4 rings (SSSR count). The minimum Gasteiger partial charge on any atom is -0.471 e. The lowest BCUT2D eigenvalue weighted by Gasteiger charge is -2.27. The van der Waals surface area contributed by atoms with Gasteiger partial charge in [0.15, 0.2) is 0 Å². The number of aryl methyl sites for hydroxylation is 1. The number of aromatic nitrogens is 3. The second kappa shape index (κ2) is 6.64. The highest BCUT2D eigenvalue weighted by Crippen LogP contribution is 2.38. The molecule has 2 aliphatic heterocycles. The molecular formula is C20H26N4O3. The minimum atomic E-state index is -0.381. The van der Waals surface area contributed by atoms with Crippen LogP contribution in [-0.4, -0.2) is 37.7 Å². The molecule has 7 nitrogen and oxygen atoms in total. The van der Waals surface area contributed by atoms with Gasteiger partial charge in [0.05, 0.1) is 11.3 Å². The summed E-state index contributed by atoms with van der Waals surface area (Å²) in [5.41, 5.74) is 2.01. The van der Waals surface area contributed by atoms with E-state index in [0.29, 0.717) is 17.9 Å². The van der Waals surface area contributed by atoms with E-state index < -0.39 is 0 Å². The molecule has 1 atom stereocenters. The molecule has 0 amide bonds. The van der Waals surface area contributed by atoms with Gasteiger partial charge in [0.2, 0.25) is 5.88 Å². The average Bonchev–Trinajstić information content (AvgIpc) is 2.93. The first kappa shape index (κ1) is 18.0. The predicted molar refractivity (Wildman–Crippen MR) is 102 cm³/mol. The van der Waals surface area contributed by atoms with E-state index in [1.165, 1.54) is 21.7 Å². The van der Waals surface area contributed by atoms with Crippen LogP contribution in [0.1, 0.15) is 36.1 Å². The molecule has 0 bridgehead atoms. The summed E-state index contributed by atoms with van der Waals surface area (Å²) in [6.07, 6.45) is 5.14. The molecule has 4 heterocycles. The summed E-state index contributed by atoms with van der Waals surface area (Å²) >= 11 is 0. The van der Waals surface area contributed by atoms with Gasteiger partial charge in [0.25, 0.3) is 5.56 Å². The molecule has 2 aromatic rings. The fraction of sp³-hybridized carbons (Fsp3) is 0.550. The Morgan fingerprint density at radius 3 is 2.78 bits per heavy atom. The molecule has 0 aromatic carbocycles. The molecule has 27 heavy (non-hydrogen) atoms. The van der Waals surface area contributed by atoms with Gasteiger partial charge in [-0.2, -0.15) is 0 Å². The second-order valence-corrected chi connectivity index (χ2v) is 7.85. The molecule has 0 aliphatic carbocycles. The molecule has 0 saturated carbocycles. The lowest BCUT2D eigenvalue weighted by atomic mass is 9.90. The molecule has 1 saturated heterocycles. The molecule has 2 aromatic heterocycles. The van der Waals surface area contributed by atoms with Crippen LogP contribution in [0.3, 0.4) is 0 Å². The van der Waals surface area contributed by atoms with Crippen molar-refractivity contribution in [2.24, 2.45) is 14.1 Å². The quantitative estimate of drug-likeness (QED) is 0.793. The van der Waals surface area contributed by atoms with Crippen molar-refractivity contribution in [1.29, 1.82) is 0 Å². The Labute approximate surface area is 158 Å². The maximum Gasteiger partial charge on any atom is 0.333 e. The van der Waals surface area contributed by atoms with Crippen LogP contribution in [0.5, 0.6) is 5.88 Å². The van der Waals surface area contributed by atoms with Crippen molar-refractivity contribution >= 4 is 0 Å². The zero-order chi connectivity index (χ0) is 19.2. The van der Waals surface area contributed by atoms with E-state index in [1.54, 1.807) is 7.05 Å². The van der Waals surface area contributed by atoms with Crippen molar-refractivity contribution in [3.05, 3.63) is 56.0 Å². The Balaban J connectivity index is 1.54. The SMILES string of the molecule is Cc1cccnc1CN1CCCC2(CC1)Cc1c(n(C)c(=O)n(C)c1=O)O2. The van der Waals surface area contributed by atoms with Crippen LogP contribution in [0.25, 0.3) is 0 Å². The third-order valence-electron chi connectivity index (χ3n) is 5.99. The number of fused-ring (bicyclic) bond motifs is 1. The second-order valence-electron chi connectivity index (χ2n) is 7.85. The smallest absolute Gasteiger partial charge is 0.333 e. The van der Waals surface area contributed by atoms with Crippen LogP contribution in [0.4, 0.5) is 0 Å². The Kier molecular flexibility index (Phi) is 4.42. The Bertz CT molecular complexity index is 994. The number of pyridine rings is 1. The summed E-state index contributed by atoms with van der Waals surface area (Å²) in [4.78, 5) is 31.7. The van der Waals surface area contributed by atoms with E-state index >= 15 is 0 Å². The summed E-state index contributed by atoms with van der Waals surface area (Å²) in [6, 6.07) is 4.05. The van der Waals surface area contributed by atoms with Crippen molar-refractivity contribution < 1.29 is 4.74 Å². The standard InChI is InChI=1S/C20H26N4O3/c1-14-6-4-9-21-16(14)13-24-10-5-7-20(8-11-24)12-15-17(25)22(2)19(26)23(3)18(15)27-20/h4,6,9H,5,7-8,10-13H2,1-3H3. The number of likely N-dealkylation sites (tertiary alicyclic amines) is 1. The highest BCUT2D eigenvalue weighted by molar-refractivity contribution is 5.32. The van der Waals surface area contributed by atoms with Gasteiger partial charge in [-0.05, 0) is 37.9 Å². The van der Waals surface area contributed by atoms with E-state index in [0.717, 1.165) is 44.6 Å². The largest absolute Gasteiger partial charge is 0.471 e. The van der Waals surface area contributed by atoms with Crippen molar-refractivity contribution in [1.82, 2.24) is 19.0 Å². The van der Waals surface area contributed by atoms with Crippen molar-refractivity contribution in [2.45, 2.75) is 44.8 Å². The van der Waals surface area contributed by atoms with Crippen LogP contribution in [0.2, 0.25) is 0 Å². The molecule has 1 unspecified atom stereocenters. The maximum absolute atomic E-state index is 12.5. The fourth-order valence-corrected chi connectivity index (χ4v) is 4.30. The number of hydrogen-bond acceptors (Lipinski definition) is 5. The van der Waals surface area contributed by atoms with E-state index in [-0.39, 0.29) is 16.9 Å². The topological polar surface area (TPSA) is 69.4 Å². The predicted octanol–water partition coefficient (Wildman–Crippen LogP) is 1.15. The molecule has 0 N–H and O–H groups in total. The Morgan fingerprint density at radius 1 is 1.19 bits per heavy atom. The minimum absolute atomic E-state index is 0.227. The van der Waals surface area contributed by atoms with Gasteiger partial charge in [-0.3, -0.25) is 23.8 Å². The van der Waals surface area contributed by atoms with E-state index in [9.17, 15) is 9.59 Å². The van der Waals surface area contributed by atoms with E-state index in [4.69, 9.17) is 4.74 Å². The zero-order valence-corrected chi connectivity index (χ0v) is 16.2. The third-order valence-corrected chi connectivity index (χ3v) is 5.99. The molecule has 0 radical (unpaired) electrons. The first-order valence-electron chi connectivity index (χ1n) is 9.51. The highest BCUT2D eigenvalue weighted by Gasteiger charge is 2.43. The summed E-state index contributed by atoms with van der Waals surface area (Å²) in [5.74, 6) is 0.456. The summed E-state index contributed by atoms with van der Waals surface area (Å²) in [6.45, 7) is 4.79. The van der Waals surface area contributed by atoms with Crippen molar-refractivity contribution in [3.63, 3.8) is 0 Å². The molecule has 144 valence electrons. The van der Waals surface area contributed by atoms with Gasteiger partial charge in [-0.15, -0.1) is 0 Å². The van der Waals surface area contributed by atoms with Crippen molar-refractivity contribution in [3.8, 4) is 5.88 Å². The maximum atomic E-state index is 12.5. The van der Waals surface area contributed by atoms with Gasteiger partial charge >= 0.3 is 5.69 Å². The summed E-state index contributed by atoms with van der Waals surface area (Å²) in [7, 11) is 3.20. The number of ether oxygens (including phenoxy) is 1. The van der Waals surface area contributed by atoms with Crippen LogP contribution in [0.15, 0.2) is 27.9 Å². The number of hydrogen-bond donors (Lipinski definition) is 0. The molecule has 1 spiro atoms. The van der Waals surface area contributed by atoms with Gasteiger partial charge < -0.3 is 4.74 Å². The highest BCUT2D eigenvalue weighted by atomic mass is 16.5. The fourth-order valence-electron chi connectivity index (χ4n) is 4.30. The summed E-state index contributed by atoms with van der Waals surface area (Å²) in [5, 5.41) is 0. The van der Waals surface area contributed by atoms with E-state index in [2.05, 4.69) is 22.9 Å². The molecule has 7 heteroatoms. The first-order valence-corrected chi connectivity index (χ1v) is 9.51. The van der Waals surface area contributed by atoms with Gasteiger partial charge in [0, 0.05) is 46.2 Å². The van der Waals surface area contributed by atoms with Crippen molar-refractivity contribution in [2.75, 3.05) is 13.1 Å². The average molecular weight is 370 g/mol. The Morgan fingerprint density at radius 2 is 2.00 bits per heavy atom. The Hall–Kier alpha value is -2.41. The van der Waals surface area contributed by atoms with Crippen LogP contribution in [0, 0.1) is 6.92 Å². The normalized spacial score (nSPS) is 22.5. The summed E-state index contributed by atoms with van der Waals surface area (Å²) < 4.78 is 8.93. The number of nitrogens with zero attached hydrogens (tertiary/aromatic N) is 4. The van der Waals surface area contributed by atoms with Crippen LogP contribution >= 0.6 is 0 Å². The van der Waals surface area contributed by atoms with Gasteiger partial charge in [0.1, 0.15) is 5.60 Å². The monoisotopic (exact) mass is 370 g/mol. The third kappa shape index (κ3) is 3.10. The van der Waals surface area contributed by atoms with Gasteiger partial charge in [-0.1, -0.05) is 6.07 Å². The molecule has 1 fully saturated rings. The lowest BCUT2D eigenvalue weighted by Crippen LogP contribution is -2.38. The van der Waals surface area contributed by atoms with Gasteiger partial charge in [-0.25, -0.2) is 4.79 Å². The zero-order valence-electron chi connectivity index (χ0n) is 16.2. The van der Waals surface area contributed by atoms with Crippen LogP contribution < -0.4 is 16.0 Å². The lowest BCUT2D eigenvalue weighted by molar-refractivity contribution is 0.0687. The van der Waals surface area contributed by atoms with E-state index in [1.807, 2.05) is 12.3 Å². The molecule has 2 aliphatic rings. The number of rotatable bonds is 2.